The topological polar surface area (TPSA) is 61.8 Å². The van der Waals surface area contributed by atoms with Crippen molar-refractivity contribution in [2.75, 3.05) is 45.9 Å². The summed E-state index contributed by atoms with van der Waals surface area (Å²) in [6, 6.07) is 0. The van der Waals surface area contributed by atoms with E-state index < -0.39 is 9.05 Å². The molecule has 0 aliphatic rings. The third kappa shape index (κ3) is 12.6. The molecule has 0 amide bonds. The minimum absolute atomic E-state index is 0.0419. The Labute approximate surface area is 114 Å². The number of halogens is 1. The molecule has 0 saturated carbocycles. The zero-order valence-electron chi connectivity index (χ0n) is 11.1. The highest BCUT2D eigenvalue weighted by atomic mass is 35.7. The average molecular weight is 303 g/mol. The molecule has 1 atom stereocenters. The summed E-state index contributed by atoms with van der Waals surface area (Å²) in [7, 11) is 3.40. The molecule has 0 bridgehead atoms. The smallest absolute Gasteiger partial charge is 0.232 e. The first-order valence-electron chi connectivity index (χ1n) is 6.06. The van der Waals surface area contributed by atoms with Crippen LogP contribution < -0.4 is 0 Å². The maximum atomic E-state index is 10.9. The quantitative estimate of drug-likeness (QED) is 0.405. The Bertz CT molecular complexity index is 281. The van der Waals surface area contributed by atoms with Crippen molar-refractivity contribution in [2.24, 2.45) is 5.92 Å². The van der Waals surface area contributed by atoms with Crippen molar-refractivity contribution >= 4 is 19.7 Å². The highest BCUT2D eigenvalue weighted by molar-refractivity contribution is 8.13. The largest absolute Gasteiger partial charge is 0.385 e. The van der Waals surface area contributed by atoms with Gasteiger partial charge < -0.3 is 14.2 Å². The maximum absolute atomic E-state index is 10.9. The van der Waals surface area contributed by atoms with Gasteiger partial charge in [-0.2, -0.15) is 0 Å². The van der Waals surface area contributed by atoms with E-state index in [9.17, 15) is 8.42 Å². The second kappa shape index (κ2) is 11.0. The molecule has 0 rings (SSSR count). The van der Waals surface area contributed by atoms with Crippen LogP contribution in [0.25, 0.3) is 0 Å². The zero-order chi connectivity index (χ0) is 13.9. The summed E-state index contributed by atoms with van der Waals surface area (Å²) in [5.41, 5.74) is 0. The van der Waals surface area contributed by atoms with Crippen molar-refractivity contribution in [1.82, 2.24) is 0 Å². The number of methoxy groups -OCH3 is 1. The molecule has 0 fully saturated rings. The Morgan fingerprint density at radius 3 is 2.33 bits per heavy atom. The second-order valence-electron chi connectivity index (χ2n) is 4.01. The standard InChI is InChI=1S/C11H23ClO5S/c1-3-11(10-18(12,13)14)9-17-8-7-16-6-4-5-15-2/h11H,3-10H2,1-2H3. The molecule has 110 valence electrons. The number of hydrogen-bond acceptors (Lipinski definition) is 5. The molecular weight excluding hydrogens is 280 g/mol. The molecule has 0 aromatic carbocycles. The van der Waals surface area contributed by atoms with Gasteiger partial charge in [-0.1, -0.05) is 13.3 Å². The van der Waals surface area contributed by atoms with Crippen LogP contribution in [0.1, 0.15) is 19.8 Å². The summed E-state index contributed by atoms with van der Waals surface area (Å²) in [6.07, 6.45) is 1.58. The van der Waals surface area contributed by atoms with Gasteiger partial charge in [0, 0.05) is 31.0 Å². The van der Waals surface area contributed by atoms with E-state index in [-0.39, 0.29) is 11.7 Å². The molecule has 1 unspecified atom stereocenters. The monoisotopic (exact) mass is 302 g/mol. The molecule has 7 heteroatoms. The molecule has 0 aromatic rings. The van der Waals surface area contributed by atoms with Crippen molar-refractivity contribution in [3.63, 3.8) is 0 Å². The van der Waals surface area contributed by atoms with Crippen molar-refractivity contribution in [1.29, 1.82) is 0 Å². The van der Waals surface area contributed by atoms with Gasteiger partial charge in [0.2, 0.25) is 9.05 Å². The number of hydrogen-bond donors (Lipinski definition) is 0. The summed E-state index contributed by atoms with van der Waals surface area (Å²) in [5.74, 6) is -0.0966. The first-order chi connectivity index (χ1) is 8.49. The van der Waals surface area contributed by atoms with Crippen LogP contribution in [-0.4, -0.2) is 54.3 Å². The summed E-state index contributed by atoms with van der Waals surface area (Å²) in [6.45, 7) is 4.61. The summed E-state index contributed by atoms with van der Waals surface area (Å²) < 4.78 is 37.4. The van der Waals surface area contributed by atoms with Gasteiger partial charge in [0.1, 0.15) is 0 Å². The lowest BCUT2D eigenvalue weighted by molar-refractivity contribution is 0.0295. The lowest BCUT2D eigenvalue weighted by Gasteiger charge is -2.13. The molecule has 0 saturated heterocycles. The lowest BCUT2D eigenvalue weighted by atomic mass is 10.1. The summed E-state index contributed by atoms with van der Waals surface area (Å²) in [5, 5.41) is 0. The van der Waals surface area contributed by atoms with Crippen LogP contribution in [0.3, 0.4) is 0 Å². The Morgan fingerprint density at radius 1 is 1.11 bits per heavy atom. The van der Waals surface area contributed by atoms with Gasteiger partial charge in [-0.3, -0.25) is 0 Å². The Balaban J connectivity index is 3.46. The summed E-state index contributed by atoms with van der Waals surface area (Å²) >= 11 is 0. The van der Waals surface area contributed by atoms with E-state index in [4.69, 9.17) is 24.9 Å². The van der Waals surface area contributed by atoms with Crippen LogP contribution in [-0.2, 0) is 23.3 Å². The zero-order valence-corrected chi connectivity index (χ0v) is 12.6. The van der Waals surface area contributed by atoms with E-state index >= 15 is 0 Å². The van der Waals surface area contributed by atoms with Crippen molar-refractivity contribution < 1.29 is 22.6 Å². The van der Waals surface area contributed by atoms with E-state index in [1.54, 1.807) is 7.11 Å². The van der Waals surface area contributed by atoms with E-state index in [2.05, 4.69) is 0 Å². The van der Waals surface area contributed by atoms with E-state index in [1.165, 1.54) is 0 Å². The van der Waals surface area contributed by atoms with Gasteiger partial charge in [0.15, 0.2) is 0 Å². The number of ether oxygens (including phenoxy) is 3. The minimum atomic E-state index is -3.45. The fourth-order valence-corrected chi connectivity index (χ4v) is 2.77. The van der Waals surface area contributed by atoms with E-state index in [0.29, 0.717) is 33.0 Å². The van der Waals surface area contributed by atoms with Crippen molar-refractivity contribution in [3.8, 4) is 0 Å². The van der Waals surface area contributed by atoms with E-state index in [1.807, 2.05) is 6.92 Å². The first-order valence-corrected chi connectivity index (χ1v) is 8.54. The van der Waals surface area contributed by atoms with Gasteiger partial charge in [0.05, 0.1) is 25.6 Å². The van der Waals surface area contributed by atoms with Gasteiger partial charge >= 0.3 is 0 Å². The van der Waals surface area contributed by atoms with Gasteiger partial charge in [-0.15, -0.1) is 0 Å². The molecule has 5 nitrogen and oxygen atoms in total. The van der Waals surface area contributed by atoms with Gasteiger partial charge in [0.25, 0.3) is 0 Å². The fourth-order valence-electron chi connectivity index (χ4n) is 1.34. The molecule has 0 aliphatic heterocycles. The molecule has 0 radical (unpaired) electrons. The third-order valence-corrected chi connectivity index (χ3v) is 3.62. The van der Waals surface area contributed by atoms with Crippen molar-refractivity contribution in [2.45, 2.75) is 19.8 Å². The van der Waals surface area contributed by atoms with Gasteiger partial charge in [-0.05, 0) is 12.3 Å². The van der Waals surface area contributed by atoms with Crippen LogP contribution in [0, 0.1) is 5.92 Å². The molecule has 0 heterocycles. The predicted molar refractivity (Wildman–Crippen MR) is 71.6 cm³/mol. The summed E-state index contributed by atoms with van der Waals surface area (Å²) in [4.78, 5) is 0. The number of rotatable bonds is 12. The molecule has 0 spiro atoms. The molecule has 0 N–H and O–H groups in total. The lowest BCUT2D eigenvalue weighted by Crippen LogP contribution is -2.18. The van der Waals surface area contributed by atoms with Crippen molar-refractivity contribution in [3.05, 3.63) is 0 Å². The van der Waals surface area contributed by atoms with Crippen LogP contribution in [0.5, 0.6) is 0 Å². The highest BCUT2D eigenvalue weighted by Gasteiger charge is 2.15. The minimum Gasteiger partial charge on any atom is -0.385 e. The molecule has 18 heavy (non-hydrogen) atoms. The van der Waals surface area contributed by atoms with Crippen LogP contribution in [0.2, 0.25) is 0 Å². The normalized spacial score (nSPS) is 13.7. The van der Waals surface area contributed by atoms with Gasteiger partial charge in [-0.25, -0.2) is 8.42 Å². The molecular formula is C11H23ClO5S. The third-order valence-electron chi connectivity index (χ3n) is 2.37. The Hall–Kier alpha value is 0.120. The molecule has 0 aliphatic carbocycles. The fraction of sp³-hybridized carbons (Fsp3) is 1.00. The Kier molecular flexibility index (Phi) is 11.1. The SMILES string of the molecule is CCC(COCCOCCCOC)CS(=O)(=O)Cl. The average Bonchev–Trinajstić information content (AvgIpc) is 2.29. The maximum Gasteiger partial charge on any atom is 0.232 e. The van der Waals surface area contributed by atoms with E-state index in [0.717, 1.165) is 12.8 Å². The Morgan fingerprint density at radius 2 is 1.78 bits per heavy atom. The molecule has 0 aromatic heterocycles. The van der Waals surface area contributed by atoms with Crippen LogP contribution in [0.4, 0.5) is 0 Å². The second-order valence-corrected chi connectivity index (χ2v) is 6.84. The predicted octanol–water partition coefficient (Wildman–Crippen LogP) is 1.65. The highest BCUT2D eigenvalue weighted by Crippen LogP contribution is 2.10. The van der Waals surface area contributed by atoms with Crippen LogP contribution >= 0.6 is 10.7 Å². The first kappa shape index (κ1) is 18.1. The van der Waals surface area contributed by atoms with Crippen LogP contribution in [0.15, 0.2) is 0 Å².